The molecule has 0 spiro atoms. The minimum atomic E-state index is -1.12. The first kappa shape index (κ1) is 22.1. The first-order valence-corrected chi connectivity index (χ1v) is 9.12. The van der Waals surface area contributed by atoms with E-state index in [4.69, 9.17) is 16.3 Å². The Hall–Kier alpha value is -1.20. The zero-order chi connectivity index (χ0) is 18.9. The second-order valence-electron chi connectivity index (χ2n) is 7.86. The Morgan fingerprint density at radius 1 is 1.26 bits per heavy atom. The van der Waals surface area contributed by atoms with Gasteiger partial charge in [-0.15, -0.1) is 0 Å². The first-order valence-electron chi connectivity index (χ1n) is 8.74. The molecule has 0 unspecified atom stereocenters. The summed E-state index contributed by atoms with van der Waals surface area (Å²) in [7, 11) is 0. The molecule has 2 aromatic carbocycles. The van der Waals surface area contributed by atoms with Crippen LogP contribution in [0, 0.1) is 5.41 Å². The van der Waals surface area contributed by atoms with Crippen molar-refractivity contribution in [1.29, 1.82) is 0 Å². The van der Waals surface area contributed by atoms with Gasteiger partial charge in [0.2, 0.25) is 0 Å². The Balaban J connectivity index is 0.00000261. The summed E-state index contributed by atoms with van der Waals surface area (Å²) in [6, 6.07) is 11.0. The van der Waals surface area contributed by atoms with Crippen LogP contribution in [0.4, 0.5) is 5.69 Å². The van der Waals surface area contributed by atoms with E-state index < -0.39 is 5.97 Å². The van der Waals surface area contributed by atoms with Gasteiger partial charge in [-0.1, -0.05) is 44.5 Å². The molecule has 0 N–H and O–H groups in total. The number of ether oxygens (including phenoxy) is 1. The van der Waals surface area contributed by atoms with Crippen LogP contribution < -0.4 is 44.3 Å². The fraction of sp³-hybridized carbons (Fsp3) is 0.381. The summed E-state index contributed by atoms with van der Waals surface area (Å²) in [5.41, 5.74) is 3.11. The van der Waals surface area contributed by atoms with E-state index >= 15 is 0 Å². The Bertz CT molecular complexity index is 833. The molecular weight excluding hydrogens is 373 g/mol. The van der Waals surface area contributed by atoms with Gasteiger partial charge in [-0.05, 0) is 41.7 Å². The van der Waals surface area contributed by atoms with Gasteiger partial charge in [0.25, 0.3) is 0 Å². The van der Waals surface area contributed by atoms with Crippen LogP contribution in [0.3, 0.4) is 0 Å². The summed E-state index contributed by atoms with van der Waals surface area (Å²) >= 11 is 6.20. The number of carboxylic acid groups (broad SMARTS) is 1. The van der Waals surface area contributed by atoms with Crippen molar-refractivity contribution in [3.8, 4) is 5.75 Å². The zero-order valence-electron chi connectivity index (χ0n) is 16.3. The van der Waals surface area contributed by atoms with E-state index in [0.717, 1.165) is 29.1 Å². The van der Waals surface area contributed by atoms with Crippen molar-refractivity contribution in [1.82, 2.24) is 0 Å². The van der Waals surface area contributed by atoms with Crippen molar-refractivity contribution < 1.29 is 44.2 Å². The normalized spacial score (nSPS) is 13.1. The van der Waals surface area contributed by atoms with Gasteiger partial charge in [-0.3, -0.25) is 0 Å². The van der Waals surface area contributed by atoms with Gasteiger partial charge >= 0.3 is 29.6 Å². The third kappa shape index (κ3) is 5.41. The van der Waals surface area contributed by atoms with Crippen LogP contribution >= 0.6 is 11.6 Å². The molecule has 0 radical (unpaired) electrons. The predicted molar refractivity (Wildman–Crippen MR) is 102 cm³/mol. The maximum atomic E-state index is 11.3. The van der Waals surface area contributed by atoms with Crippen molar-refractivity contribution in [3.63, 3.8) is 0 Å². The number of hydrogen-bond acceptors (Lipinski definition) is 4. The van der Waals surface area contributed by atoms with E-state index in [1.165, 1.54) is 0 Å². The number of fused-ring (bicyclic) bond motifs is 1. The van der Waals surface area contributed by atoms with Gasteiger partial charge in [0, 0.05) is 34.9 Å². The molecule has 0 amide bonds. The molecule has 1 heterocycles. The third-order valence-corrected chi connectivity index (χ3v) is 4.62. The van der Waals surface area contributed by atoms with Gasteiger partial charge in [-0.25, -0.2) is 0 Å². The Labute approximate surface area is 187 Å². The molecule has 0 atom stereocenters. The number of nitrogens with zero attached hydrogens (tertiary/aromatic N) is 1. The summed E-state index contributed by atoms with van der Waals surface area (Å²) < 4.78 is 6.03. The number of anilines is 1. The predicted octanol–water partition coefficient (Wildman–Crippen LogP) is 0.695. The molecule has 1 aliphatic rings. The fourth-order valence-electron chi connectivity index (χ4n) is 3.17. The number of halogens is 1. The number of hydrogen-bond donors (Lipinski definition) is 0. The molecule has 3 rings (SSSR count). The zero-order valence-corrected chi connectivity index (χ0v) is 19.1. The van der Waals surface area contributed by atoms with Gasteiger partial charge < -0.3 is 19.5 Å². The number of benzene rings is 2. The van der Waals surface area contributed by atoms with Gasteiger partial charge in [0.1, 0.15) is 5.75 Å². The minimum Gasteiger partial charge on any atom is -0.545 e. The quantitative estimate of drug-likeness (QED) is 0.699. The average molecular weight is 396 g/mol. The fourth-order valence-corrected chi connectivity index (χ4v) is 3.36. The molecule has 6 heteroatoms. The van der Waals surface area contributed by atoms with Gasteiger partial charge in [-0.2, -0.15) is 0 Å². The van der Waals surface area contributed by atoms with Gasteiger partial charge in [0.05, 0.1) is 12.6 Å². The van der Waals surface area contributed by atoms with Crippen molar-refractivity contribution in [2.24, 2.45) is 5.41 Å². The monoisotopic (exact) mass is 395 g/mol. The molecule has 0 aromatic heterocycles. The molecule has 27 heavy (non-hydrogen) atoms. The van der Waals surface area contributed by atoms with Crippen molar-refractivity contribution >= 4 is 23.3 Å². The van der Waals surface area contributed by atoms with E-state index in [1.54, 1.807) is 12.1 Å². The average Bonchev–Trinajstić information content (AvgIpc) is 2.96. The van der Waals surface area contributed by atoms with Crippen LogP contribution in [0.2, 0.25) is 5.02 Å². The second-order valence-corrected chi connectivity index (χ2v) is 8.30. The smallest absolute Gasteiger partial charge is 0.545 e. The van der Waals surface area contributed by atoms with Crippen LogP contribution in [-0.2, 0) is 13.0 Å². The van der Waals surface area contributed by atoms with Crippen LogP contribution in [0.5, 0.6) is 5.75 Å². The summed E-state index contributed by atoms with van der Waals surface area (Å²) in [5, 5.41) is 12.0. The molecule has 0 bridgehead atoms. The Morgan fingerprint density at radius 2 is 2.00 bits per heavy atom. The first-order chi connectivity index (χ1) is 12.2. The summed E-state index contributed by atoms with van der Waals surface area (Å²) in [6.07, 6.45) is 0.693. The Kier molecular flexibility index (Phi) is 7.26. The van der Waals surface area contributed by atoms with E-state index in [1.807, 2.05) is 24.3 Å². The summed E-state index contributed by atoms with van der Waals surface area (Å²) in [6.45, 7) is 8.35. The van der Waals surface area contributed by atoms with Crippen LogP contribution in [-0.4, -0.2) is 19.1 Å². The van der Waals surface area contributed by atoms with E-state index in [0.29, 0.717) is 24.6 Å². The summed E-state index contributed by atoms with van der Waals surface area (Å²) in [5.74, 6) is -0.311. The maximum absolute atomic E-state index is 11.3. The van der Waals surface area contributed by atoms with Crippen molar-refractivity contribution in [2.75, 3.05) is 18.1 Å². The van der Waals surface area contributed by atoms with Crippen LogP contribution in [0.15, 0.2) is 36.4 Å². The Morgan fingerprint density at radius 3 is 2.67 bits per heavy atom. The van der Waals surface area contributed by atoms with Crippen molar-refractivity contribution in [2.45, 2.75) is 33.7 Å². The van der Waals surface area contributed by atoms with E-state index in [9.17, 15) is 9.90 Å². The SMILES string of the molecule is CC(C)(C)COc1ccc(Cl)cc1CN1CCc2c(C(=O)[O-])cccc21.[Na+]. The molecule has 0 aliphatic carbocycles. The maximum Gasteiger partial charge on any atom is 1.00 e. The molecular formula is C21H23ClNNaO3. The standard InChI is InChI=1S/C21H24ClNO3.Na/c1-21(2,3)13-26-19-8-7-15(22)11-14(19)12-23-10-9-16-17(20(24)25)5-4-6-18(16)23;/h4-8,11H,9-10,12-13H2,1-3H3,(H,24,25);/q;+1/p-1. The van der Waals surface area contributed by atoms with E-state index in [-0.39, 0.29) is 40.5 Å². The van der Waals surface area contributed by atoms with E-state index in [2.05, 4.69) is 25.7 Å². The molecule has 2 aromatic rings. The van der Waals surface area contributed by atoms with Crippen LogP contribution in [0.1, 0.15) is 42.3 Å². The number of carboxylic acids is 1. The number of rotatable bonds is 5. The van der Waals surface area contributed by atoms with Crippen molar-refractivity contribution in [3.05, 3.63) is 58.1 Å². The molecule has 0 fully saturated rings. The molecule has 0 saturated carbocycles. The second kappa shape index (κ2) is 8.87. The number of carbonyl (C=O) groups is 1. The minimum absolute atomic E-state index is 0. The summed E-state index contributed by atoms with van der Waals surface area (Å²) in [4.78, 5) is 13.5. The topological polar surface area (TPSA) is 52.6 Å². The molecule has 4 nitrogen and oxygen atoms in total. The molecule has 1 aliphatic heterocycles. The number of aromatic carboxylic acids is 1. The largest absolute Gasteiger partial charge is 1.00 e. The number of carbonyl (C=O) groups excluding carboxylic acids is 1. The molecule has 0 saturated heterocycles. The van der Waals surface area contributed by atoms with Crippen LogP contribution in [0.25, 0.3) is 0 Å². The molecule has 138 valence electrons. The van der Waals surface area contributed by atoms with Gasteiger partial charge in [0.15, 0.2) is 0 Å². The third-order valence-electron chi connectivity index (χ3n) is 4.39.